The van der Waals surface area contributed by atoms with E-state index in [0.29, 0.717) is 0 Å². The number of terminal acetylenes is 2. The van der Waals surface area contributed by atoms with Crippen molar-refractivity contribution in [3.05, 3.63) is 23.3 Å². The molecule has 1 rings (SSSR count). The van der Waals surface area contributed by atoms with E-state index >= 15 is 0 Å². The van der Waals surface area contributed by atoms with Crippen molar-refractivity contribution in [2.45, 2.75) is 39.3 Å². The summed E-state index contributed by atoms with van der Waals surface area (Å²) in [5.74, 6) is 5.59. The summed E-state index contributed by atoms with van der Waals surface area (Å²) in [5, 5.41) is 2.88. The van der Waals surface area contributed by atoms with Gasteiger partial charge < -0.3 is 0 Å². The molecule has 0 atom stereocenters. The predicted octanol–water partition coefficient (Wildman–Crippen LogP) is 2.74. The lowest BCUT2D eigenvalue weighted by molar-refractivity contribution is 1.60. The van der Waals surface area contributed by atoms with E-state index in [1.807, 2.05) is 6.07 Å². The zero-order chi connectivity index (χ0) is 14.1. The molecule has 0 spiro atoms. The molecular formula is C16H22Si2. The standard InChI is InChI=1S/C16H22Si2/c1-9-13-11-14(10-2)16(18(6,7)8)15(12-13)17(3,4)5/h1-2,11-12H,3-8H3. The minimum Gasteiger partial charge on any atom is -0.115 e. The Morgan fingerprint density at radius 3 is 1.72 bits per heavy atom. The second kappa shape index (κ2) is 4.80. The van der Waals surface area contributed by atoms with Crippen LogP contribution >= 0.6 is 0 Å². The van der Waals surface area contributed by atoms with E-state index in [-0.39, 0.29) is 0 Å². The van der Waals surface area contributed by atoms with Gasteiger partial charge in [0, 0.05) is 11.1 Å². The monoisotopic (exact) mass is 270 g/mol. The van der Waals surface area contributed by atoms with Gasteiger partial charge in [0.05, 0.1) is 16.1 Å². The summed E-state index contributed by atoms with van der Waals surface area (Å²) < 4.78 is 0. The molecule has 0 aromatic heterocycles. The Bertz CT molecular complexity index is 541. The lowest BCUT2D eigenvalue weighted by Gasteiger charge is -2.29. The van der Waals surface area contributed by atoms with Crippen LogP contribution in [0.5, 0.6) is 0 Å². The first-order valence-corrected chi connectivity index (χ1v) is 13.2. The molecule has 0 amide bonds. The molecule has 0 N–H and O–H groups in total. The van der Waals surface area contributed by atoms with Gasteiger partial charge in [-0.15, -0.1) is 12.8 Å². The summed E-state index contributed by atoms with van der Waals surface area (Å²) in [5.41, 5.74) is 1.93. The maximum Gasteiger partial charge on any atom is 0.0790 e. The topological polar surface area (TPSA) is 0 Å². The largest absolute Gasteiger partial charge is 0.115 e. The molecule has 2 heteroatoms. The molecule has 0 heterocycles. The van der Waals surface area contributed by atoms with Gasteiger partial charge in [0.15, 0.2) is 0 Å². The maximum absolute atomic E-state index is 5.70. The van der Waals surface area contributed by atoms with Crippen LogP contribution in [0.15, 0.2) is 12.1 Å². The normalized spacial score (nSPS) is 11.8. The highest BCUT2D eigenvalue weighted by Gasteiger charge is 2.29. The van der Waals surface area contributed by atoms with Crippen LogP contribution < -0.4 is 10.4 Å². The van der Waals surface area contributed by atoms with Crippen LogP contribution in [0.3, 0.4) is 0 Å². The summed E-state index contributed by atoms with van der Waals surface area (Å²) in [7, 11) is -2.90. The fourth-order valence-electron chi connectivity index (χ4n) is 2.24. The molecular weight excluding hydrogens is 248 g/mol. The third-order valence-corrected chi connectivity index (χ3v) is 7.32. The summed E-state index contributed by atoms with van der Waals surface area (Å²) in [4.78, 5) is 0. The van der Waals surface area contributed by atoms with Crippen LogP contribution in [-0.2, 0) is 0 Å². The van der Waals surface area contributed by atoms with E-state index in [4.69, 9.17) is 12.8 Å². The molecule has 0 radical (unpaired) electrons. The first kappa shape index (κ1) is 14.8. The highest BCUT2D eigenvalue weighted by molar-refractivity contribution is 6.98. The van der Waals surface area contributed by atoms with E-state index in [2.05, 4.69) is 57.2 Å². The van der Waals surface area contributed by atoms with Crippen molar-refractivity contribution in [1.29, 1.82) is 0 Å². The molecule has 0 fully saturated rings. The minimum absolute atomic E-state index is 0.919. The van der Waals surface area contributed by atoms with E-state index in [1.54, 1.807) is 0 Å². The fraction of sp³-hybridized carbons (Fsp3) is 0.375. The van der Waals surface area contributed by atoms with E-state index < -0.39 is 16.1 Å². The third-order valence-electron chi connectivity index (χ3n) is 3.02. The molecule has 0 saturated carbocycles. The van der Waals surface area contributed by atoms with Crippen molar-refractivity contribution in [2.24, 2.45) is 0 Å². The lowest BCUT2D eigenvalue weighted by atomic mass is 10.1. The van der Waals surface area contributed by atoms with Gasteiger partial charge in [-0.1, -0.05) is 56.3 Å². The molecule has 1 aromatic carbocycles. The van der Waals surface area contributed by atoms with Gasteiger partial charge in [0.1, 0.15) is 0 Å². The van der Waals surface area contributed by atoms with Crippen LogP contribution in [0.2, 0.25) is 39.3 Å². The van der Waals surface area contributed by atoms with Crippen LogP contribution in [0.1, 0.15) is 11.1 Å². The Labute approximate surface area is 114 Å². The van der Waals surface area contributed by atoms with Crippen molar-refractivity contribution in [2.75, 3.05) is 0 Å². The summed E-state index contributed by atoms with van der Waals surface area (Å²) in [6.07, 6.45) is 11.3. The molecule has 0 unspecified atom stereocenters. The maximum atomic E-state index is 5.70. The van der Waals surface area contributed by atoms with Crippen molar-refractivity contribution < 1.29 is 0 Å². The molecule has 0 aliphatic carbocycles. The number of hydrogen-bond donors (Lipinski definition) is 0. The molecule has 1 aromatic rings. The van der Waals surface area contributed by atoms with Crippen LogP contribution in [0.25, 0.3) is 0 Å². The summed E-state index contributed by atoms with van der Waals surface area (Å²) in [6, 6.07) is 4.19. The zero-order valence-corrected chi connectivity index (χ0v) is 14.3. The van der Waals surface area contributed by atoms with Gasteiger partial charge in [-0.25, -0.2) is 0 Å². The Balaban J connectivity index is 3.78. The van der Waals surface area contributed by atoms with E-state index in [9.17, 15) is 0 Å². The van der Waals surface area contributed by atoms with Gasteiger partial charge in [0.2, 0.25) is 0 Å². The average molecular weight is 271 g/mol. The molecule has 0 bridgehead atoms. The van der Waals surface area contributed by atoms with Gasteiger partial charge in [-0.2, -0.15) is 0 Å². The third kappa shape index (κ3) is 2.96. The van der Waals surface area contributed by atoms with Crippen molar-refractivity contribution in [3.8, 4) is 24.7 Å². The van der Waals surface area contributed by atoms with Crippen molar-refractivity contribution in [3.63, 3.8) is 0 Å². The van der Waals surface area contributed by atoms with Gasteiger partial charge in [-0.3, -0.25) is 0 Å². The molecule has 18 heavy (non-hydrogen) atoms. The smallest absolute Gasteiger partial charge is 0.0790 e. The van der Waals surface area contributed by atoms with Crippen molar-refractivity contribution in [1.82, 2.24) is 0 Å². The zero-order valence-electron chi connectivity index (χ0n) is 12.3. The van der Waals surface area contributed by atoms with Crippen LogP contribution in [-0.4, -0.2) is 16.1 Å². The summed E-state index contributed by atoms with van der Waals surface area (Å²) >= 11 is 0. The van der Waals surface area contributed by atoms with Gasteiger partial charge >= 0.3 is 0 Å². The molecule has 94 valence electrons. The van der Waals surface area contributed by atoms with E-state index in [1.165, 1.54) is 10.4 Å². The highest BCUT2D eigenvalue weighted by Crippen LogP contribution is 2.12. The molecule has 0 nitrogen and oxygen atoms in total. The van der Waals surface area contributed by atoms with Gasteiger partial charge in [0.25, 0.3) is 0 Å². The Morgan fingerprint density at radius 2 is 1.39 bits per heavy atom. The first-order chi connectivity index (χ1) is 8.11. The summed E-state index contributed by atoms with van der Waals surface area (Å²) in [6.45, 7) is 14.1. The predicted molar refractivity (Wildman–Crippen MR) is 88.3 cm³/mol. The molecule has 0 aliphatic heterocycles. The van der Waals surface area contributed by atoms with Gasteiger partial charge in [-0.05, 0) is 17.3 Å². The fourth-order valence-corrected chi connectivity index (χ4v) is 7.79. The van der Waals surface area contributed by atoms with Crippen LogP contribution in [0.4, 0.5) is 0 Å². The number of benzene rings is 1. The lowest BCUT2D eigenvalue weighted by Crippen LogP contribution is -2.57. The first-order valence-electron chi connectivity index (χ1n) is 6.23. The van der Waals surface area contributed by atoms with E-state index in [0.717, 1.165) is 11.1 Å². The molecule has 0 saturated heterocycles. The Hall–Kier alpha value is -1.23. The second-order valence-corrected chi connectivity index (χ2v) is 16.8. The Morgan fingerprint density at radius 1 is 0.833 bits per heavy atom. The SMILES string of the molecule is C#Cc1cc(C#C)c([Si](C)(C)C)c([Si](C)(C)C)c1. The second-order valence-electron chi connectivity index (χ2n) is 6.74. The quantitative estimate of drug-likeness (QED) is 0.573. The number of hydrogen-bond acceptors (Lipinski definition) is 0. The molecule has 0 aliphatic rings. The number of rotatable bonds is 2. The average Bonchev–Trinajstić information content (AvgIpc) is 2.24. The highest BCUT2D eigenvalue weighted by atomic mass is 28.3. The minimum atomic E-state index is -1.47. The van der Waals surface area contributed by atoms with Crippen molar-refractivity contribution >= 4 is 26.5 Å². The van der Waals surface area contributed by atoms with Crippen LogP contribution in [0, 0.1) is 24.7 Å². The Kier molecular flexibility index (Phi) is 3.96.